The van der Waals surface area contributed by atoms with Crippen LogP contribution in [0.2, 0.25) is 0 Å². The predicted molar refractivity (Wildman–Crippen MR) is 101 cm³/mol. The van der Waals surface area contributed by atoms with Gasteiger partial charge in [0.15, 0.2) is 5.78 Å². The topological polar surface area (TPSA) is 72.5 Å². The fourth-order valence-corrected chi connectivity index (χ4v) is 3.40. The van der Waals surface area contributed by atoms with Gasteiger partial charge in [0.05, 0.1) is 19.6 Å². The van der Waals surface area contributed by atoms with Crippen molar-refractivity contribution < 1.29 is 19.1 Å². The maximum Gasteiger partial charge on any atom is 0.307 e. The molecular formula is C20H23NO4S. The lowest BCUT2D eigenvalue weighted by Gasteiger charge is -2.16. The molecule has 1 N–H and O–H groups in total. The third-order valence-electron chi connectivity index (χ3n) is 4.09. The Hall–Kier alpha value is -2.47. The van der Waals surface area contributed by atoms with Crippen LogP contribution in [0.3, 0.4) is 0 Å². The van der Waals surface area contributed by atoms with Crippen LogP contribution in [-0.4, -0.2) is 24.8 Å². The van der Waals surface area contributed by atoms with E-state index in [2.05, 4.69) is 5.32 Å². The first kappa shape index (κ1) is 19.8. The van der Waals surface area contributed by atoms with Gasteiger partial charge in [-0.05, 0) is 36.9 Å². The molecule has 2 aromatic rings. The van der Waals surface area contributed by atoms with Crippen molar-refractivity contribution >= 4 is 29.0 Å². The molecule has 2 rings (SSSR count). The highest BCUT2D eigenvalue weighted by atomic mass is 32.1. The number of carbonyl (C=O) groups is 3. The van der Waals surface area contributed by atoms with Gasteiger partial charge in [-0.2, -0.15) is 0 Å². The molecule has 0 saturated heterocycles. The molecule has 26 heavy (non-hydrogen) atoms. The van der Waals surface area contributed by atoms with E-state index in [0.29, 0.717) is 5.56 Å². The molecule has 0 bridgehead atoms. The van der Waals surface area contributed by atoms with Crippen LogP contribution in [0.15, 0.2) is 35.7 Å². The molecule has 1 aromatic heterocycles. The van der Waals surface area contributed by atoms with Crippen molar-refractivity contribution in [2.24, 2.45) is 0 Å². The molecule has 0 saturated carbocycles. The van der Waals surface area contributed by atoms with Crippen molar-refractivity contribution in [3.63, 3.8) is 0 Å². The molecule has 0 fully saturated rings. The summed E-state index contributed by atoms with van der Waals surface area (Å²) in [5.41, 5.74) is 2.57. The van der Waals surface area contributed by atoms with Crippen LogP contribution in [0.5, 0.6) is 0 Å². The Balaban J connectivity index is 1.96. The number of aryl methyl sites for hydroxylation is 2. The van der Waals surface area contributed by atoms with Crippen LogP contribution in [0.4, 0.5) is 0 Å². The number of carbonyl (C=O) groups excluding carboxylic acids is 3. The van der Waals surface area contributed by atoms with Gasteiger partial charge < -0.3 is 10.1 Å². The largest absolute Gasteiger partial charge is 0.469 e. The Morgan fingerprint density at radius 2 is 1.92 bits per heavy atom. The van der Waals surface area contributed by atoms with Gasteiger partial charge in [0, 0.05) is 23.3 Å². The van der Waals surface area contributed by atoms with Crippen LogP contribution in [0.1, 0.15) is 51.7 Å². The number of nitrogens with one attached hydrogen (secondary N) is 1. The average Bonchev–Trinajstić information content (AvgIpc) is 3.15. The summed E-state index contributed by atoms with van der Waals surface area (Å²) in [5.74, 6) is -0.705. The van der Waals surface area contributed by atoms with Crippen molar-refractivity contribution in [1.29, 1.82) is 0 Å². The summed E-state index contributed by atoms with van der Waals surface area (Å²) in [6.45, 7) is 3.82. The average molecular weight is 373 g/mol. The van der Waals surface area contributed by atoms with Gasteiger partial charge in [0.25, 0.3) is 0 Å². The van der Waals surface area contributed by atoms with Crippen molar-refractivity contribution in [2.45, 2.75) is 39.2 Å². The number of esters is 1. The minimum Gasteiger partial charge on any atom is -0.469 e. The SMILES string of the molecule is COC(=O)C[C@@H](NC(=O)CCC(=O)c1cc(C)ccc1C)c1cccs1. The molecular weight excluding hydrogens is 350 g/mol. The summed E-state index contributed by atoms with van der Waals surface area (Å²) in [6.07, 6.45) is 0.272. The number of amides is 1. The summed E-state index contributed by atoms with van der Waals surface area (Å²) in [7, 11) is 1.32. The highest BCUT2D eigenvalue weighted by molar-refractivity contribution is 7.10. The number of ether oxygens (including phenoxy) is 1. The summed E-state index contributed by atoms with van der Waals surface area (Å²) in [4.78, 5) is 37.2. The van der Waals surface area contributed by atoms with E-state index in [0.717, 1.165) is 16.0 Å². The first-order valence-corrected chi connectivity index (χ1v) is 9.28. The van der Waals surface area contributed by atoms with Crippen LogP contribution in [0.25, 0.3) is 0 Å². The minimum absolute atomic E-state index is 0.0537. The highest BCUT2D eigenvalue weighted by Crippen LogP contribution is 2.23. The molecule has 0 aliphatic carbocycles. The maximum atomic E-state index is 12.4. The zero-order valence-corrected chi connectivity index (χ0v) is 16.0. The summed E-state index contributed by atoms with van der Waals surface area (Å²) < 4.78 is 4.70. The van der Waals surface area contributed by atoms with Gasteiger partial charge in [-0.3, -0.25) is 14.4 Å². The Morgan fingerprint density at radius 3 is 2.58 bits per heavy atom. The first-order valence-electron chi connectivity index (χ1n) is 8.40. The Kier molecular flexibility index (Phi) is 7.09. The third-order valence-corrected chi connectivity index (χ3v) is 5.08. The van der Waals surface area contributed by atoms with E-state index in [4.69, 9.17) is 4.74 Å². The number of thiophene rings is 1. The van der Waals surface area contributed by atoms with Crippen molar-refractivity contribution in [2.75, 3.05) is 7.11 Å². The smallest absolute Gasteiger partial charge is 0.307 e. The minimum atomic E-state index is -0.439. The van der Waals surface area contributed by atoms with E-state index in [-0.39, 0.29) is 31.0 Å². The number of hydrogen-bond acceptors (Lipinski definition) is 5. The van der Waals surface area contributed by atoms with Gasteiger partial charge in [0.1, 0.15) is 0 Å². The van der Waals surface area contributed by atoms with Crippen LogP contribution < -0.4 is 5.32 Å². The second-order valence-electron chi connectivity index (χ2n) is 6.16. The summed E-state index contributed by atoms with van der Waals surface area (Å²) in [6, 6.07) is 9.00. The zero-order valence-electron chi connectivity index (χ0n) is 15.2. The summed E-state index contributed by atoms with van der Waals surface area (Å²) >= 11 is 1.46. The molecule has 0 spiro atoms. The van der Waals surface area contributed by atoms with Crippen molar-refractivity contribution in [3.8, 4) is 0 Å². The predicted octanol–water partition coefficient (Wildman–Crippen LogP) is 3.75. The third kappa shape index (κ3) is 5.52. The molecule has 0 unspecified atom stereocenters. The highest BCUT2D eigenvalue weighted by Gasteiger charge is 2.20. The molecule has 1 heterocycles. The van der Waals surface area contributed by atoms with E-state index in [1.807, 2.05) is 49.6 Å². The number of benzene rings is 1. The lowest BCUT2D eigenvalue weighted by atomic mass is 9.99. The quantitative estimate of drug-likeness (QED) is 0.565. The van der Waals surface area contributed by atoms with Gasteiger partial charge in [0.2, 0.25) is 5.91 Å². The van der Waals surface area contributed by atoms with E-state index < -0.39 is 12.0 Å². The number of hydrogen-bond donors (Lipinski definition) is 1. The second-order valence-corrected chi connectivity index (χ2v) is 7.14. The maximum absolute atomic E-state index is 12.4. The number of rotatable bonds is 8. The van der Waals surface area contributed by atoms with E-state index in [1.165, 1.54) is 18.4 Å². The molecule has 6 heteroatoms. The standard InChI is InChI=1S/C20H23NO4S/c1-13-6-7-14(2)15(11-13)17(22)8-9-19(23)21-16(12-20(24)25-3)18-5-4-10-26-18/h4-7,10-11,16H,8-9,12H2,1-3H3,(H,21,23)/t16-/m1/s1. The fourth-order valence-electron chi connectivity index (χ4n) is 2.63. The van der Waals surface area contributed by atoms with Gasteiger partial charge >= 0.3 is 5.97 Å². The molecule has 5 nitrogen and oxygen atoms in total. The Labute approximate surface area is 157 Å². The first-order chi connectivity index (χ1) is 12.4. The van der Waals surface area contributed by atoms with Crippen LogP contribution >= 0.6 is 11.3 Å². The van der Waals surface area contributed by atoms with Crippen molar-refractivity contribution in [3.05, 3.63) is 57.3 Å². The monoisotopic (exact) mass is 373 g/mol. The fraction of sp³-hybridized carbons (Fsp3) is 0.350. The Bertz CT molecular complexity index is 783. The van der Waals surface area contributed by atoms with E-state index in [9.17, 15) is 14.4 Å². The molecule has 1 atom stereocenters. The zero-order chi connectivity index (χ0) is 19.1. The molecule has 0 aliphatic heterocycles. The van der Waals surface area contributed by atoms with E-state index in [1.54, 1.807) is 0 Å². The van der Waals surface area contributed by atoms with Gasteiger partial charge in [-0.15, -0.1) is 11.3 Å². The number of Topliss-reactive ketones (excluding diaryl/α,β-unsaturated/α-hetero) is 1. The van der Waals surface area contributed by atoms with Crippen LogP contribution in [0, 0.1) is 13.8 Å². The second kappa shape index (κ2) is 9.29. The normalized spacial score (nSPS) is 11.7. The molecule has 138 valence electrons. The lowest BCUT2D eigenvalue weighted by molar-refractivity contribution is -0.141. The molecule has 0 aliphatic rings. The van der Waals surface area contributed by atoms with Crippen LogP contribution in [-0.2, 0) is 14.3 Å². The number of ketones is 1. The molecule has 1 aromatic carbocycles. The van der Waals surface area contributed by atoms with Gasteiger partial charge in [-0.1, -0.05) is 23.8 Å². The van der Waals surface area contributed by atoms with E-state index >= 15 is 0 Å². The van der Waals surface area contributed by atoms with Gasteiger partial charge in [-0.25, -0.2) is 0 Å². The Morgan fingerprint density at radius 1 is 1.15 bits per heavy atom. The van der Waals surface area contributed by atoms with Crippen molar-refractivity contribution in [1.82, 2.24) is 5.32 Å². The lowest BCUT2D eigenvalue weighted by Crippen LogP contribution is -2.30. The molecule has 0 radical (unpaired) electrons. The molecule has 1 amide bonds. The summed E-state index contributed by atoms with van der Waals surface area (Å²) in [5, 5.41) is 4.72. The number of methoxy groups -OCH3 is 1.